The third-order valence-electron chi connectivity index (χ3n) is 9.40. The highest BCUT2D eigenvalue weighted by Crippen LogP contribution is 2.39. The maximum atomic E-state index is 12.6. The fourth-order valence-electron chi connectivity index (χ4n) is 7.14. The Labute approximate surface area is 247 Å². The number of carbonyl (C=O) groups is 1. The molecule has 2 unspecified atom stereocenters. The zero-order valence-electron chi connectivity index (χ0n) is 24.7. The van der Waals surface area contributed by atoms with Crippen LogP contribution in [0.1, 0.15) is 60.4 Å². The van der Waals surface area contributed by atoms with Crippen molar-refractivity contribution < 1.29 is 9.53 Å². The smallest absolute Gasteiger partial charge is 0.318 e. The van der Waals surface area contributed by atoms with Crippen molar-refractivity contribution in [3.05, 3.63) is 53.4 Å². The van der Waals surface area contributed by atoms with Crippen LogP contribution in [-0.4, -0.2) is 87.8 Å². The van der Waals surface area contributed by atoms with Crippen molar-refractivity contribution in [2.24, 2.45) is 0 Å². The minimum atomic E-state index is -0.226. The maximum absolute atomic E-state index is 12.6. The van der Waals surface area contributed by atoms with Crippen molar-refractivity contribution in [3.8, 4) is 12.1 Å². The van der Waals surface area contributed by atoms with E-state index in [4.69, 9.17) is 14.7 Å². The Morgan fingerprint density at radius 3 is 2.88 bits per heavy atom. The van der Waals surface area contributed by atoms with Crippen LogP contribution in [0.25, 0.3) is 10.9 Å². The molecule has 42 heavy (non-hydrogen) atoms. The number of amides is 1. The first-order valence-corrected chi connectivity index (χ1v) is 15.2. The lowest BCUT2D eigenvalue weighted by molar-refractivity contribution is -0.128. The fraction of sp³-hybridized carbons (Fsp3) is 0.531. The second-order valence-corrected chi connectivity index (χ2v) is 12.0. The first kappa shape index (κ1) is 28.2. The highest BCUT2D eigenvalue weighted by molar-refractivity contribution is 5.87. The van der Waals surface area contributed by atoms with Gasteiger partial charge in [-0.05, 0) is 88.2 Å². The van der Waals surface area contributed by atoms with Crippen LogP contribution in [0.3, 0.4) is 0 Å². The molecule has 6 rings (SSSR count). The molecular formula is C32H40N8O2. The number of nitriles is 1. The molecule has 4 heterocycles. The van der Waals surface area contributed by atoms with Gasteiger partial charge >= 0.3 is 6.01 Å². The quantitative estimate of drug-likeness (QED) is 0.337. The van der Waals surface area contributed by atoms with E-state index in [9.17, 15) is 10.1 Å². The number of aryl methyl sites for hydroxylation is 1. The fourth-order valence-corrected chi connectivity index (χ4v) is 7.14. The number of benzene rings is 1. The molecule has 2 fully saturated rings. The first-order valence-electron chi connectivity index (χ1n) is 15.2. The number of piperazine rings is 1. The van der Waals surface area contributed by atoms with Gasteiger partial charge < -0.3 is 19.4 Å². The summed E-state index contributed by atoms with van der Waals surface area (Å²) in [6, 6.07) is 7.11. The summed E-state index contributed by atoms with van der Waals surface area (Å²) < 4.78 is 6.34. The molecule has 220 valence electrons. The molecule has 1 N–H and O–H groups in total. The molecule has 2 saturated heterocycles. The van der Waals surface area contributed by atoms with Gasteiger partial charge in [-0.3, -0.25) is 9.89 Å². The summed E-state index contributed by atoms with van der Waals surface area (Å²) in [5.74, 6) is 1.06. The molecule has 0 spiro atoms. The van der Waals surface area contributed by atoms with Crippen LogP contribution in [0, 0.1) is 18.3 Å². The lowest BCUT2D eigenvalue weighted by Crippen LogP contribution is -2.55. The van der Waals surface area contributed by atoms with Crippen molar-refractivity contribution in [3.63, 3.8) is 0 Å². The Balaban J connectivity index is 1.36. The van der Waals surface area contributed by atoms with Gasteiger partial charge in [-0.25, -0.2) is 0 Å². The number of likely N-dealkylation sites (tertiary alicyclic amines) is 1. The number of ether oxygens (including phenoxy) is 1. The number of H-pyrrole nitrogens is 1. The van der Waals surface area contributed by atoms with Gasteiger partial charge in [0.05, 0.1) is 35.9 Å². The number of likely N-dealkylation sites (N-methyl/N-ethyl adjacent to an activating group) is 1. The van der Waals surface area contributed by atoms with Crippen LogP contribution in [0.5, 0.6) is 6.01 Å². The van der Waals surface area contributed by atoms with Crippen LogP contribution in [0.4, 0.5) is 5.82 Å². The molecular weight excluding hydrogens is 528 g/mol. The van der Waals surface area contributed by atoms with E-state index in [0.717, 1.165) is 55.7 Å². The second kappa shape index (κ2) is 12.1. The lowest BCUT2D eigenvalue weighted by atomic mass is 9.86. The largest absolute Gasteiger partial charge is 0.462 e. The zero-order chi connectivity index (χ0) is 29.2. The molecule has 3 aromatic rings. The molecule has 1 aromatic carbocycles. The highest BCUT2D eigenvalue weighted by atomic mass is 16.5. The first-order chi connectivity index (χ1) is 20.5. The van der Waals surface area contributed by atoms with Crippen molar-refractivity contribution in [1.29, 1.82) is 5.26 Å². The number of nitrogens with one attached hydrogen (secondary N) is 1. The molecule has 0 radical (unpaired) electrons. The maximum Gasteiger partial charge on any atom is 0.318 e. The number of aromatic amines is 1. The Morgan fingerprint density at radius 2 is 2.10 bits per heavy atom. The number of aromatic nitrogens is 4. The SMILES string of the molecule is C=CC(=O)N1CCN(c2nc(OCC3CCCN3C)nc3c2CCCC(c2c(C)ccc4[nH]ncc24)C3)C[C@@H]1CC#N. The topological polar surface area (TPSA) is 114 Å². The van der Waals surface area contributed by atoms with E-state index < -0.39 is 0 Å². The van der Waals surface area contributed by atoms with Crippen LogP contribution in [0.2, 0.25) is 0 Å². The van der Waals surface area contributed by atoms with Gasteiger partial charge in [0.15, 0.2) is 0 Å². The van der Waals surface area contributed by atoms with Crippen molar-refractivity contribution in [1.82, 2.24) is 30.0 Å². The monoisotopic (exact) mass is 568 g/mol. The van der Waals surface area contributed by atoms with Crippen LogP contribution < -0.4 is 9.64 Å². The number of hydrogen-bond acceptors (Lipinski definition) is 8. The van der Waals surface area contributed by atoms with E-state index in [1.54, 1.807) is 4.90 Å². The Kier molecular flexibility index (Phi) is 8.11. The summed E-state index contributed by atoms with van der Waals surface area (Å²) >= 11 is 0. The third kappa shape index (κ3) is 5.45. The molecule has 0 bridgehead atoms. The van der Waals surface area contributed by atoms with E-state index in [1.165, 1.54) is 34.6 Å². The molecule has 2 aliphatic heterocycles. The average Bonchev–Trinajstić information content (AvgIpc) is 3.58. The molecule has 3 aliphatic rings. The number of fused-ring (bicyclic) bond motifs is 2. The highest BCUT2D eigenvalue weighted by Gasteiger charge is 2.34. The summed E-state index contributed by atoms with van der Waals surface area (Å²) in [7, 11) is 2.15. The summed E-state index contributed by atoms with van der Waals surface area (Å²) in [4.78, 5) is 29.0. The predicted octanol–water partition coefficient (Wildman–Crippen LogP) is 3.91. The zero-order valence-corrected chi connectivity index (χ0v) is 24.7. The molecule has 1 amide bonds. The third-order valence-corrected chi connectivity index (χ3v) is 9.40. The normalized spacial score (nSPS) is 22.9. The van der Waals surface area contributed by atoms with E-state index >= 15 is 0 Å². The van der Waals surface area contributed by atoms with Crippen molar-refractivity contribution >= 4 is 22.6 Å². The van der Waals surface area contributed by atoms with E-state index in [2.05, 4.69) is 58.7 Å². The standard InChI is InChI=1S/C32H40N8O2/c1-4-29(41)40-16-15-39(19-23(40)12-13-33)31-25-9-5-7-22(30-21(2)10-11-27-26(30)18-34-37-27)17-28(25)35-32(36-31)42-20-24-8-6-14-38(24)3/h4,10-11,18,22-24H,1,5-9,12,14-17,19-20H2,2-3H3,(H,34,37)/t22?,23-,24?/m0/s1. The van der Waals surface area contributed by atoms with Gasteiger partial charge in [0.2, 0.25) is 5.91 Å². The van der Waals surface area contributed by atoms with Gasteiger partial charge in [-0.2, -0.15) is 20.3 Å². The molecule has 10 heteroatoms. The number of hydrogen-bond donors (Lipinski definition) is 1. The van der Waals surface area contributed by atoms with Gasteiger partial charge in [0.1, 0.15) is 12.4 Å². The minimum absolute atomic E-state index is 0.132. The Bertz CT molecular complexity index is 1510. The van der Waals surface area contributed by atoms with E-state index in [1.807, 2.05) is 6.20 Å². The van der Waals surface area contributed by atoms with Gasteiger partial charge in [0.25, 0.3) is 0 Å². The van der Waals surface area contributed by atoms with Crippen molar-refractivity contribution in [2.75, 3.05) is 44.7 Å². The Hall–Kier alpha value is -3.97. The second-order valence-electron chi connectivity index (χ2n) is 12.0. The van der Waals surface area contributed by atoms with Crippen molar-refractivity contribution in [2.45, 2.75) is 69.9 Å². The Morgan fingerprint density at radius 1 is 1.21 bits per heavy atom. The molecule has 3 atom stereocenters. The summed E-state index contributed by atoms with van der Waals surface area (Å²) in [5.41, 5.74) is 5.88. The molecule has 10 nitrogen and oxygen atoms in total. The number of rotatable bonds is 7. The molecule has 2 aromatic heterocycles. The molecule has 1 aliphatic carbocycles. The number of nitrogens with zero attached hydrogens (tertiary/aromatic N) is 7. The van der Waals surface area contributed by atoms with E-state index in [-0.39, 0.29) is 18.4 Å². The molecule has 0 saturated carbocycles. The lowest BCUT2D eigenvalue weighted by Gasteiger charge is -2.41. The van der Waals surface area contributed by atoms with Crippen LogP contribution in [-0.2, 0) is 17.6 Å². The van der Waals surface area contributed by atoms with Crippen LogP contribution in [0.15, 0.2) is 31.0 Å². The summed E-state index contributed by atoms with van der Waals surface area (Å²) in [6.45, 7) is 9.18. The predicted molar refractivity (Wildman–Crippen MR) is 162 cm³/mol. The van der Waals surface area contributed by atoms with Gasteiger partial charge in [-0.15, -0.1) is 0 Å². The van der Waals surface area contributed by atoms with Gasteiger partial charge in [-0.1, -0.05) is 12.6 Å². The number of anilines is 1. The number of carbonyl (C=O) groups excluding carboxylic acids is 1. The minimum Gasteiger partial charge on any atom is -0.462 e. The van der Waals surface area contributed by atoms with Gasteiger partial charge in [0, 0.05) is 36.6 Å². The summed E-state index contributed by atoms with van der Waals surface area (Å²) in [5, 5.41) is 18.2. The van der Waals surface area contributed by atoms with E-state index in [0.29, 0.717) is 44.2 Å². The summed E-state index contributed by atoms with van der Waals surface area (Å²) in [6.07, 6.45) is 9.57. The van der Waals surface area contributed by atoms with Crippen LogP contribution >= 0.6 is 0 Å². The average molecular weight is 569 g/mol.